The first-order valence-corrected chi connectivity index (χ1v) is 11.7. The number of nitrogens with one attached hydrogen (secondary N) is 1. The number of piperazine rings is 1. The van der Waals surface area contributed by atoms with E-state index in [-0.39, 0.29) is 11.8 Å². The van der Waals surface area contributed by atoms with Crippen molar-refractivity contribution in [1.29, 1.82) is 0 Å². The number of likely N-dealkylation sites (tertiary alicyclic amines) is 1. The molecular formula is C22H38N4O2. The summed E-state index contributed by atoms with van der Waals surface area (Å²) in [5.41, 5.74) is 0. The van der Waals surface area contributed by atoms with Crippen LogP contribution < -0.4 is 5.32 Å². The van der Waals surface area contributed by atoms with Gasteiger partial charge in [0, 0.05) is 57.8 Å². The van der Waals surface area contributed by atoms with Gasteiger partial charge in [0.15, 0.2) is 0 Å². The summed E-state index contributed by atoms with van der Waals surface area (Å²) in [6, 6.07) is 1.09. The van der Waals surface area contributed by atoms with E-state index in [2.05, 4.69) is 20.0 Å². The van der Waals surface area contributed by atoms with Crippen LogP contribution in [0.5, 0.6) is 0 Å². The molecule has 0 unspecified atom stereocenters. The van der Waals surface area contributed by atoms with Crippen LogP contribution in [0.15, 0.2) is 0 Å². The predicted molar refractivity (Wildman–Crippen MR) is 110 cm³/mol. The molecule has 0 aromatic carbocycles. The van der Waals surface area contributed by atoms with E-state index >= 15 is 0 Å². The lowest BCUT2D eigenvalue weighted by Gasteiger charge is -2.43. The van der Waals surface area contributed by atoms with Gasteiger partial charge in [0.2, 0.25) is 11.8 Å². The van der Waals surface area contributed by atoms with Gasteiger partial charge in [-0.05, 0) is 44.4 Å². The molecule has 2 amide bonds. The van der Waals surface area contributed by atoms with E-state index in [9.17, 15) is 9.59 Å². The van der Waals surface area contributed by atoms with Gasteiger partial charge in [0.25, 0.3) is 0 Å². The van der Waals surface area contributed by atoms with E-state index in [0.29, 0.717) is 24.9 Å². The number of carbonyl (C=O) groups excluding carboxylic acids is 2. The second-order valence-corrected chi connectivity index (χ2v) is 9.47. The highest BCUT2D eigenvalue weighted by atomic mass is 16.2. The third-order valence-electron chi connectivity index (χ3n) is 7.52. The van der Waals surface area contributed by atoms with Gasteiger partial charge in [-0.2, -0.15) is 0 Å². The number of rotatable bonds is 6. The summed E-state index contributed by atoms with van der Waals surface area (Å²) in [6.07, 6.45) is 11.8. The van der Waals surface area contributed by atoms with E-state index in [1.54, 1.807) is 0 Å². The van der Waals surface area contributed by atoms with Crippen LogP contribution in [0.25, 0.3) is 0 Å². The van der Waals surface area contributed by atoms with E-state index in [1.807, 2.05) is 0 Å². The number of piperidine rings is 1. The Bertz CT molecular complexity index is 529. The molecule has 2 heterocycles. The fourth-order valence-electron chi connectivity index (χ4n) is 5.38. The fraction of sp³-hybridized carbons (Fsp3) is 0.909. The van der Waals surface area contributed by atoms with Crippen LogP contribution in [-0.4, -0.2) is 84.4 Å². The van der Waals surface area contributed by atoms with Crippen molar-refractivity contribution in [2.45, 2.75) is 76.3 Å². The molecule has 0 spiro atoms. The minimum Gasteiger partial charge on any atom is -0.353 e. The monoisotopic (exact) mass is 390 g/mol. The molecule has 6 nitrogen and oxygen atoms in total. The van der Waals surface area contributed by atoms with Crippen molar-refractivity contribution in [3.63, 3.8) is 0 Å². The van der Waals surface area contributed by atoms with Gasteiger partial charge in [0.1, 0.15) is 0 Å². The van der Waals surface area contributed by atoms with Crippen molar-refractivity contribution in [1.82, 2.24) is 20.0 Å². The predicted octanol–water partition coefficient (Wildman–Crippen LogP) is 1.84. The Morgan fingerprint density at radius 3 is 2.07 bits per heavy atom. The Morgan fingerprint density at radius 2 is 1.46 bits per heavy atom. The molecule has 4 fully saturated rings. The second kappa shape index (κ2) is 9.57. The minimum atomic E-state index is 0.241. The van der Waals surface area contributed by atoms with E-state index in [0.717, 1.165) is 58.2 Å². The maximum absolute atomic E-state index is 12.7. The Kier molecular flexibility index (Phi) is 6.89. The number of hydrogen-bond donors (Lipinski definition) is 1. The Labute approximate surface area is 170 Å². The largest absolute Gasteiger partial charge is 0.353 e. The molecule has 2 saturated heterocycles. The molecule has 2 saturated carbocycles. The number of hydrogen-bond acceptors (Lipinski definition) is 4. The van der Waals surface area contributed by atoms with E-state index in [4.69, 9.17) is 0 Å². The molecule has 28 heavy (non-hydrogen) atoms. The van der Waals surface area contributed by atoms with Crippen LogP contribution in [0.3, 0.4) is 0 Å². The molecule has 0 bridgehead atoms. The number of nitrogens with zero attached hydrogens (tertiary/aromatic N) is 3. The zero-order chi connectivity index (χ0) is 19.3. The summed E-state index contributed by atoms with van der Waals surface area (Å²) < 4.78 is 0. The maximum atomic E-state index is 12.7. The highest BCUT2D eigenvalue weighted by Gasteiger charge is 2.30. The van der Waals surface area contributed by atoms with Crippen LogP contribution in [0.2, 0.25) is 0 Å². The van der Waals surface area contributed by atoms with Gasteiger partial charge in [-0.15, -0.1) is 0 Å². The van der Waals surface area contributed by atoms with E-state index < -0.39 is 0 Å². The van der Waals surface area contributed by atoms with Gasteiger partial charge in [-0.3, -0.25) is 19.4 Å². The van der Waals surface area contributed by atoms with Crippen molar-refractivity contribution in [2.24, 2.45) is 5.92 Å². The molecule has 0 atom stereocenters. The lowest BCUT2D eigenvalue weighted by molar-refractivity contribution is -0.135. The Morgan fingerprint density at radius 1 is 0.786 bits per heavy atom. The quantitative estimate of drug-likeness (QED) is 0.752. The van der Waals surface area contributed by atoms with Crippen molar-refractivity contribution in [2.75, 3.05) is 45.8 Å². The third kappa shape index (κ3) is 5.26. The maximum Gasteiger partial charge on any atom is 0.236 e. The van der Waals surface area contributed by atoms with Crippen LogP contribution in [0.4, 0.5) is 0 Å². The summed E-state index contributed by atoms with van der Waals surface area (Å²) in [6.45, 7) is 6.26. The lowest BCUT2D eigenvalue weighted by atomic mass is 9.91. The molecule has 0 aromatic heterocycles. The second-order valence-electron chi connectivity index (χ2n) is 9.47. The highest BCUT2D eigenvalue weighted by molar-refractivity contribution is 5.78. The number of amides is 2. The Balaban J connectivity index is 1.11. The minimum absolute atomic E-state index is 0.241. The van der Waals surface area contributed by atoms with Gasteiger partial charge in [0.05, 0.1) is 6.54 Å². The summed E-state index contributed by atoms with van der Waals surface area (Å²) in [4.78, 5) is 31.8. The summed E-state index contributed by atoms with van der Waals surface area (Å²) in [7, 11) is 0. The molecule has 4 rings (SSSR count). The topological polar surface area (TPSA) is 55.9 Å². The third-order valence-corrected chi connectivity index (χ3v) is 7.52. The highest BCUT2D eigenvalue weighted by Crippen LogP contribution is 2.27. The zero-order valence-corrected chi connectivity index (χ0v) is 17.4. The van der Waals surface area contributed by atoms with Crippen LogP contribution in [-0.2, 0) is 9.59 Å². The van der Waals surface area contributed by atoms with Gasteiger partial charge < -0.3 is 10.2 Å². The van der Waals surface area contributed by atoms with Gasteiger partial charge >= 0.3 is 0 Å². The first kappa shape index (κ1) is 20.1. The van der Waals surface area contributed by atoms with Crippen LogP contribution in [0, 0.1) is 5.92 Å². The summed E-state index contributed by atoms with van der Waals surface area (Å²) in [5.74, 6) is 1.14. The standard InChI is InChI=1S/C22H38N4O2/c27-21(16-18-4-1-2-5-18)23-19-8-10-24(11-9-19)17-22(28)26-14-12-25(13-15-26)20-6-3-7-20/h18-20H,1-17H2,(H,23,27). The SMILES string of the molecule is O=C(CC1CCCC1)NC1CCN(CC(=O)N2CCN(C3CCC3)CC2)CC1. The first-order valence-electron chi connectivity index (χ1n) is 11.7. The van der Waals surface area contributed by atoms with Gasteiger partial charge in [-0.1, -0.05) is 19.3 Å². The van der Waals surface area contributed by atoms with Crippen molar-refractivity contribution >= 4 is 11.8 Å². The fourth-order valence-corrected chi connectivity index (χ4v) is 5.38. The Hall–Kier alpha value is -1.14. The normalized spacial score (nSPS) is 26.4. The van der Waals surface area contributed by atoms with Crippen molar-refractivity contribution in [3.05, 3.63) is 0 Å². The summed E-state index contributed by atoms with van der Waals surface area (Å²) in [5, 5.41) is 3.24. The molecule has 158 valence electrons. The van der Waals surface area contributed by atoms with Crippen molar-refractivity contribution < 1.29 is 9.59 Å². The molecule has 4 aliphatic rings. The van der Waals surface area contributed by atoms with Gasteiger partial charge in [-0.25, -0.2) is 0 Å². The molecular weight excluding hydrogens is 352 g/mol. The molecule has 2 aliphatic carbocycles. The smallest absolute Gasteiger partial charge is 0.236 e. The lowest BCUT2D eigenvalue weighted by Crippen LogP contribution is -2.55. The molecule has 0 aromatic rings. The first-order chi connectivity index (χ1) is 13.7. The zero-order valence-electron chi connectivity index (χ0n) is 17.4. The molecule has 6 heteroatoms. The molecule has 1 N–H and O–H groups in total. The van der Waals surface area contributed by atoms with Crippen molar-refractivity contribution in [3.8, 4) is 0 Å². The summed E-state index contributed by atoms with van der Waals surface area (Å²) >= 11 is 0. The average molecular weight is 391 g/mol. The average Bonchev–Trinajstić information content (AvgIpc) is 3.15. The van der Waals surface area contributed by atoms with Crippen LogP contribution in [0.1, 0.15) is 64.2 Å². The molecule has 0 radical (unpaired) electrons. The molecule has 2 aliphatic heterocycles. The van der Waals surface area contributed by atoms with Crippen LogP contribution >= 0.6 is 0 Å². The number of carbonyl (C=O) groups is 2. The van der Waals surface area contributed by atoms with E-state index in [1.165, 1.54) is 44.9 Å².